The second-order valence-corrected chi connectivity index (χ2v) is 6.92. The van der Waals surface area contributed by atoms with E-state index in [2.05, 4.69) is 52.5 Å². The number of aromatic amines is 1. The van der Waals surface area contributed by atoms with Gasteiger partial charge in [-0.25, -0.2) is 0 Å². The highest BCUT2D eigenvalue weighted by Gasteiger charge is 2.15. The van der Waals surface area contributed by atoms with E-state index in [0.29, 0.717) is 28.6 Å². The average Bonchev–Trinajstić information content (AvgIpc) is 3.00. The largest absolute Gasteiger partial charge is 0.453 e. The number of aromatic nitrogens is 2. The molecule has 2 aromatic carbocycles. The molecule has 27 heavy (non-hydrogen) atoms. The van der Waals surface area contributed by atoms with Crippen LogP contribution in [0.2, 0.25) is 5.02 Å². The number of nitriles is 1. The first kappa shape index (κ1) is 19.0. The number of hydrogen-bond acceptors (Lipinski definition) is 4. The van der Waals surface area contributed by atoms with Gasteiger partial charge in [-0.1, -0.05) is 41.9 Å². The number of hydrogen-bond donors (Lipinski definition) is 1. The Hall–Kier alpha value is -2.81. The van der Waals surface area contributed by atoms with Crippen LogP contribution in [0.3, 0.4) is 0 Å². The highest BCUT2D eigenvalue weighted by Crippen LogP contribution is 2.30. The van der Waals surface area contributed by atoms with Crippen LogP contribution >= 0.6 is 11.6 Å². The fourth-order valence-corrected chi connectivity index (χ4v) is 3.04. The number of rotatable bonds is 7. The molecule has 3 rings (SSSR count). The standard InChI is InChI=1S/C21H21ClN4O/c1-15-21(27-19-11-17(13-23)10-18(22)12-19)20(25-24-15)14-26(2)9-8-16-6-4-3-5-7-16/h3-7,10-12H,8-9,14H2,1-2H3,(H,24,25). The Morgan fingerprint density at radius 1 is 1.22 bits per heavy atom. The van der Waals surface area contributed by atoms with Crippen molar-refractivity contribution in [2.45, 2.75) is 19.9 Å². The van der Waals surface area contributed by atoms with Gasteiger partial charge in [0.25, 0.3) is 0 Å². The molecule has 0 saturated carbocycles. The Morgan fingerprint density at radius 2 is 2.00 bits per heavy atom. The lowest BCUT2D eigenvalue weighted by Crippen LogP contribution is -2.21. The Morgan fingerprint density at radius 3 is 2.74 bits per heavy atom. The van der Waals surface area contributed by atoms with Crippen molar-refractivity contribution >= 4 is 11.6 Å². The molecule has 1 N–H and O–H groups in total. The van der Waals surface area contributed by atoms with Crippen LogP contribution in [0.5, 0.6) is 11.5 Å². The van der Waals surface area contributed by atoms with Gasteiger partial charge in [0.15, 0.2) is 5.75 Å². The van der Waals surface area contributed by atoms with E-state index >= 15 is 0 Å². The van der Waals surface area contributed by atoms with Crippen LogP contribution in [0.15, 0.2) is 48.5 Å². The maximum atomic E-state index is 9.10. The van der Waals surface area contributed by atoms with Crippen LogP contribution in [0.1, 0.15) is 22.5 Å². The minimum atomic E-state index is 0.458. The molecule has 1 heterocycles. The summed E-state index contributed by atoms with van der Waals surface area (Å²) < 4.78 is 6.01. The first-order valence-electron chi connectivity index (χ1n) is 8.70. The normalized spacial score (nSPS) is 10.8. The van der Waals surface area contributed by atoms with E-state index in [-0.39, 0.29) is 0 Å². The SMILES string of the molecule is Cc1[nH]nc(CN(C)CCc2ccccc2)c1Oc1cc(Cl)cc(C#N)c1. The minimum absolute atomic E-state index is 0.458. The van der Waals surface area contributed by atoms with Crippen molar-refractivity contribution in [2.75, 3.05) is 13.6 Å². The minimum Gasteiger partial charge on any atom is -0.453 e. The van der Waals surface area contributed by atoms with Crippen molar-refractivity contribution in [3.8, 4) is 17.6 Å². The van der Waals surface area contributed by atoms with Crippen LogP contribution in [-0.4, -0.2) is 28.7 Å². The zero-order valence-corrected chi connectivity index (χ0v) is 16.1. The maximum Gasteiger partial charge on any atom is 0.172 e. The lowest BCUT2D eigenvalue weighted by Gasteiger charge is -2.16. The predicted octanol–water partition coefficient (Wildman–Crippen LogP) is 4.71. The third-order valence-electron chi connectivity index (χ3n) is 4.23. The summed E-state index contributed by atoms with van der Waals surface area (Å²) in [6.45, 7) is 3.47. The fraction of sp³-hybridized carbons (Fsp3) is 0.238. The van der Waals surface area contributed by atoms with Gasteiger partial charge in [-0.3, -0.25) is 10.00 Å². The molecule has 0 saturated heterocycles. The number of halogens is 1. The van der Waals surface area contributed by atoms with Gasteiger partial charge in [0.05, 0.1) is 17.3 Å². The van der Waals surface area contributed by atoms with E-state index in [9.17, 15) is 0 Å². The molecule has 1 aromatic heterocycles. The van der Waals surface area contributed by atoms with Crippen molar-refractivity contribution in [1.29, 1.82) is 5.26 Å². The number of nitrogens with zero attached hydrogens (tertiary/aromatic N) is 3. The highest BCUT2D eigenvalue weighted by molar-refractivity contribution is 6.30. The summed E-state index contributed by atoms with van der Waals surface area (Å²) in [5, 5.41) is 16.9. The van der Waals surface area contributed by atoms with Crippen molar-refractivity contribution in [2.24, 2.45) is 0 Å². The molecule has 0 aliphatic rings. The molecule has 3 aromatic rings. The highest BCUT2D eigenvalue weighted by atomic mass is 35.5. The predicted molar refractivity (Wildman–Crippen MR) is 106 cm³/mol. The van der Waals surface area contributed by atoms with Crippen LogP contribution < -0.4 is 4.74 Å². The summed E-state index contributed by atoms with van der Waals surface area (Å²) in [5.41, 5.74) is 3.42. The molecular formula is C21H21ClN4O. The third-order valence-corrected chi connectivity index (χ3v) is 4.44. The molecule has 138 valence electrons. The van der Waals surface area contributed by atoms with Gasteiger partial charge < -0.3 is 4.74 Å². The number of likely N-dealkylation sites (N-methyl/N-ethyl adjacent to an activating group) is 1. The van der Waals surface area contributed by atoms with Gasteiger partial charge in [0.1, 0.15) is 11.4 Å². The second kappa shape index (κ2) is 8.72. The second-order valence-electron chi connectivity index (χ2n) is 6.49. The van der Waals surface area contributed by atoms with Gasteiger partial charge in [-0.15, -0.1) is 0 Å². The zero-order chi connectivity index (χ0) is 19.2. The molecule has 6 heteroatoms. The fourth-order valence-electron chi connectivity index (χ4n) is 2.82. The van der Waals surface area contributed by atoms with Crippen LogP contribution in [0, 0.1) is 18.3 Å². The molecule has 0 amide bonds. The van der Waals surface area contributed by atoms with Crippen LogP contribution in [-0.2, 0) is 13.0 Å². The van der Waals surface area contributed by atoms with Gasteiger partial charge in [0.2, 0.25) is 0 Å². The van der Waals surface area contributed by atoms with Crippen LogP contribution in [0.25, 0.3) is 0 Å². The molecule has 0 fully saturated rings. The smallest absolute Gasteiger partial charge is 0.172 e. The van der Waals surface area contributed by atoms with Gasteiger partial charge >= 0.3 is 0 Å². The van der Waals surface area contributed by atoms with Crippen LogP contribution in [0.4, 0.5) is 0 Å². The van der Waals surface area contributed by atoms with E-state index in [1.54, 1.807) is 18.2 Å². The molecular weight excluding hydrogens is 360 g/mol. The van der Waals surface area contributed by atoms with Gasteiger partial charge in [-0.2, -0.15) is 10.4 Å². The number of H-pyrrole nitrogens is 1. The molecule has 0 aliphatic carbocycles. The van der Waals surface area contributed by atoms with E-state index in [4.69, 9.17) is 21.6 Å². The van der Waals surface area contributed by atoms with Gasteiger partial charge in [0, 0.05) is 18.1 Å². The van der Waals surface area contributed by atoms with E-state index in [1.165, 1.54) is 5.56 Å². The molecule has 0 atom stereocenters. The molecule has 0 spiro atoms. The van der Waals surface area contributed by atoms with Gasteiger partial charge in [-0.05, 0) is 44.2 Å². The third kappa shape index (κ3) is 5.10. The lowest BCUT2D eigenvalue weighted by atomic mass is 10.1. The Labute approximate surface area is 164 Å². The first-order valence-corrected chi connectivity index (χ1v) is 9.08. The quantitative estimate of drug-likeness (QED) is 0.644. The Kier molecular flexibility index (Phi) is 6.12. The topological polar surface area (TPSA) is 64.9 Å². The summed E-state index contributed by atoms with van der Waals surface area (Å²) in [6, 6.07) is 17.4. The number of nitrogens with one attached hydrogen (secondary N) is 1. The maximum absolute atomic E-state index is 9.10. The van der Waals surface area contributed by atoms with Crippen molar-refractivity contribution < 1.29 is 4.74 Å². The first-order chi connectivity index (χ1) is 13.0. The summed E-state index contributed by atoms with van der Waals surface area (Å²) in [5.74, 6) is 1.20. The molecule has 0 radical (unpaired) electrons. The summed E-state index contributed by atoms with van der Waals surface area (Å²) in [4.78, 5) is 2.20. The van der Waals surface area contributed by atoms with E-state index in [1.807, 2.05) is 13.0 Å². The summed E-state index contributed by atoms with van der Waals surface area (Å²) in [7, 11) is 2.06. The Balaban J connectivity index is 1.69. The lowest BCUT2D eigenvalue weighted by molar-refractivity contribution is 0.321. The molecule has 0 bridgehead atoms. The zero-order valence-electron chi connectivity index (χ0n) is 15.4. The molecule has 5 nitrogen and oxygen atoms in total. The van der Waals surface area contributed by atoms with Crippen molar-refractivity contribution in [3.05, 3.63) is 76.1 Å². The monoisotopic (exact) mass is 380 g/mol. The molecule has 0 unspecified atom stereocenters. The summed E-state index contributed by atoms with van der Waals surface area (Å²) >= 11 is 6.07. The van der Waals surface area contributed by atoms with Crippen molar-refractivity contribution in [1.82, 2.24) is 15.1 Å². The number of benzene rings is 2. The Bertz CT molecular complexity index is 947. The summed E-state index contributed by atoms with van der Waals surface area (Å²) in [6.07, 6.45) is 0.969. The number of aryl methyl sites for hydroxylation is 1. The molecule has 0 aliphatic heterocycles. The van der Waals surface area contributed by atoms with E-state index in [0.717, 1.165) is 24.4 Å². The number of ether oxygens (including phenoxy) is 1. The average molecular weight is 381 g/mol. The van der Waals surface area contributed by atoms with Crippen molar-refractivity contribution in [3.63, 3.8) is 0 Å². The van der Waals surface area contributed by atoms with E-state index < -0.39 is 0 Å².